The summed E-state index contributed by atoms with van der Waals surface area (Å²) in [6.45, 7) is 6.26. The third kappa shape index (κ3) is 5.29. The van der Waals surface area contributed by atoms with E-state index in [0.29, 0.717) is 50.8 Å². The fraction of sp³-hybridized carbons (Fsp3) is 0.371. The van der Waals surface area contributed by atoms with Gasteiger partial charge in [0.25, 0.3) is 0 Å². The molecule has 1 aliphatic carbocycles. The minimum Gasteiger partial charge on any atom is -0.493 e. The molecule has 0 spiro atoms. The van der Waals surface area contributed by atoms with Crippen molar-refractivity contribution in [2.75, 3.05) is 13.2 Å². The van der Waals surface area contributed by atoms with Gasteiger partial charge in [-0.05, 0) is 55.5 Å². The Bertz CT molecular complexity index is 1710. The first kappa shape index (κ1) is 28.0. The number of nitrogens with zero attached hydrogens (tertiary/aromatic N) is 2. The predicted molar refractivity (Wildman–Crippen MR) is 166 cm³/mol. The Balaban J connectivity index is 0.00000155. The van der Waals surface area contributed by atoms with Crippen molar-refractivity contribution in [1.82, 2.24) is 14.8 Å². The number of fused-ring (bicyclic) bond motifs is 3. The molecule has 3 heterocycles. The molecule has 1 aliphatic heterocycles. The third-order valence-electron chi connectivity index (χ3n) is 8.24. The number of aromatic carboxylic acids is 1. The molecule has 2 aromatic heterocycles. The van der Waals surface area contributed by atoms with Crippen molar-refractivity contribution in [3.05, 3.63) is 83.3 Å². The van der Waals surface area contributed by atoms with E-state index in [4.69, 9.17) is 14.6 Å². The minimum absolute atomic E-state index is 0.394. The average Bonchev–Trinajstić information content (AvgIpc) is 3.70. The number of rotatable bonds is 7. The molecule has 1 saturated carbocycles. The molecule has 7 nitrogen and oxygen atoms in total. The van der Waals surface area contributed by atoms with E-state index in [-0.39, 0.29) is 0 Å². The number of aryl methyl sites for hydroxylation is 2. The second kappa shape index (κ2) is 12.4. The molecule has 2 aliphatic rings. The number of aromatic nitrogens is 3. The number of ether oxygens (including phenoxy) is 2. The van der Waals surface area contributed by atoms with Crippen molar-refractivity contribution in [2.45, 2.75) is 71.4 Å². The topological polar surface area (TPSA) is 89.4 Å². The van der Waals surface area contributed by atoms with E-state index in [2.05, 4.69) is 41.5 Å². The standard InChI is InChI=1S/C33H33N3O4.C2H6/c37-33(38)32-25(13-7-19-40-28-14-5-9-21-8-1-2-10-23(21)28)24-11-6-12-26-29-27(34-35-30(29)22-15-16-22)20-39-18-4-3-17-36(32)31(24)26;1-2/h1-2,5-6,8-12,14,22H,3-4,7,13,15-20H2,(H,34,35)(H,37,38);1-2H3. The molecule has 42 heavy (non-hydrogen) atoms. The van der Waals surface area contributed by atoms with Gasteiger partial charge in [0.2, 0.25) is 0 Å². The van der Waals surface area contributed by atoms with E-state index < -0.39 is 5.97 Å². The van der Waals surface area contributed by atoms with E-state index in [1.807, 2.05) is 42.7 Å². The van der Waals surface area contributed by atoms with Crippen LogP contribution in [-0.2, 0) is 24.3 Å². The van der Waals surface area contributed by atoms with Crippen LogP contribution in [0, 0.1) is 0 Å². The second-order valence-corrected chi connectivity index (χ2v) is 10.9. The van der Waals surface area contributed by atoms with Crippen LogP contribution in [0.25, 0.3) is 32.8 Å². The van der Waals surface area contributed by atoms with Gasteiger partial charge in [0.05, 0.1) is 30.1 Å². The second-order valence-electron chi connectivity index (χ2n) is 10.9. The molecule has 5 aromatic rings. The zero-order valence-electron chi connectivity index (χ0n) is 24.5. The molecular weight excluding hydrogens is 526 g/mol. The van der Waals surface area contributed by atoms with E-state index >= 15 is 0 Å². The van der Waals surface area contributed by atoms with Crippen LogP contribution < -0.4 is 4.74 Å². The van der Waals surface area contributed by atoms with Gasteiger partial charge in [0.1, 0.15) is 11.4 Å². The van der Waals surface area contributed by atoms with E-state index in [0.717, 1.165) is 81.2 Å². The average molecular weight is 566 g/mol. The first-order chi connectivity index (χ1) is 20.7. The van der Waals surface area contributed by atoms with E-state index in [9.17, 15) is 9.90 Å². The number of H-pyrrole nitrogens is 1. The Morgan fingerprint density at radius 1 is 1.05 bits per heavy atom. The first-order valence-electron chi connectivity index (χ1n) is 15.3. The summed E-state index contributed by atoms with van der Waals surface area (Å²) in [6.07, 6.45) is 5.33. The Morgan fingerprint density at radius 2 is 1.83 bits per heavy atom. The number of hydrogen-bond donors (Lipinski definition) is 2. The quantitative estimate of drug-likeness (QED) is 0.195. The lowest BCUT2D eigenvalue weighted by Crippen LogP contribution is -2.12. The lowest BCUT2D eigenvalue weighted by atomic mass is 9.97. The Hall–Kier alpha value is -4.10. The molecule has 1 fully saturated rings. The van der Waals surface area contributed by atoms with Gasteiger partial charge in [-0.1, -0.05) is 68.4 Å². The number of carbonyl (C=O) groups is 1. The minimum atomic E-state index is -0.881. The molecule has 2 N–H and O–H groups in total. The summed E-state index contributed by atoms with van der Waals surface area (Å²) >= 11 is 0. The zero-order valence-corrected chi connectivity index (χ0v) is 24.5. The Kier molecular flexibility index (Phi) is 8.29. The molecular formula is C35H39N3O4. The number of benzene rings is 3. The van der Waals surface area contributed by atoms with Crippen LogP contribution >= 0.6 is 0 Å². The Morgan fingerprint density at radius 3 is 2.67 bits per heavy atom. The fourth-order valence-electron chi connectivity index (χ4n) is 6.26. The van der Waals surface area contributed by atoms with Gasteiger partial charge in [0, 0.05) is 41.0 Å². The van der Waals surface area contributed by atoms with Crippen molar-refractivity contribution in [3.8, 4) is 16.9 Å². The maximum absolute atomic E-state index is 12.8. The first-order valence-corrected chi connectivity index (χ1v) is 15.3. The van der Waals surface area contributed by atoms with Crippen molar-refractivity contribution in [2.24, 2.45) is 0 Å². The summed E-state index contributed by atoms with van der Waals surface area (Å²) in [6, 6.07) is 20.5. The third-order valence-corrected chi connectivity index (χ3v) is 8.24. The summed E-state index contributed by atoms with van der Waals surface area (Å²) in [7, 11) is 0. The molecule has 7 heteroatoms. The highest BCUT2D eigenvalue weighted by Crippen LogP contribution is 2.46. The Labute approximate surface area is 246 Å². The number of nitrogens with one attached hydrogen (secondary N) is 1. The molecule has 0 radical (unpaired) electrons. The SMILES string of the molecule is CC.O=C(O)c1c(CCCOc2cccc3ccccc23)c2cccc3c2n1CCCCOCc1[nH]nc(C2CC2)c1-3. The maximum Gasteiger partial charge on any atom is 0.352 e. The summed E-state index contributed by atoms with van der Waals surface area (Å²) in [5.41, 5.74) is 6.48. The molecule has 7 rings (SSSR count). The van der Waals surface area contributed by atoms with Crippen LogP contribution in [0.15, 0.2) is 60.7 Å². The van der Waals surface area contributed by atoms with Crippen LogP contribution in [-0.4, -0.2) is 39.1 Å². The summed E-state index contributed by atoms with van der Waals surface area (Å²) in [5, 5.41) is 21.7. The van der Waals surface area contributed by atoms with Gasteiger partial charge in [-0.2, -0.15) is 5.10 Å². The van der Waals surface area contributed by atoms with Gasteiger partial charge >= 0.3 is 5.97 Å². The van der Waals surface area contributed by atoms with Crippen LogP contribution in [0.3, 0.4) is 0 Å². The molecule has 218 valence electrons. The zero-order chi connectivity index (χ0) is 29.1. The van der Waals surface area contributed by atoms with Crippen LogP contribution in [0.1, 0.15) is 79.3 Å². The van der Waals surface area contributed by atoms with Crippen LogP contribution in [0.5, 0.6) is 5.75 Å². The fourth-order valence-corrected chi connectivity index (χ4v) is 6.26. The molecule has 0 bridgehead atoms. The smallest absolute Gasteiger partial charge is 0.352 e. The number of aromatic amines is 1. The van der Waals surface area contributed by atoms with Gasteiger partial charge in [-0.15, -0.1) is 0 Å². The highest BCUT2D eigenvalue weighted by Gasteiger charge is 2.33. The highest BCUT2D eigenvalue weighted by atomic mass is 16.5. The number of carboxylic acids is 1. The molecule has 0 unspecified atom stereocenters. The monoisotopic (exact) mass is 565 g/mol. The van der Waals surface area contributed by atoms with Gasteiger partial charge in [-0.3, -0.25) is 5.10 Å². The molecule has 3 aromatic carbocycles. The van der Waals surface area contributed by atoms with Gasteiger partial charge in [-0.25, -0.2) is 4.79 Å². The van der Waals surface area contributed by atoms with Crippen LogP contribution in [0.2, 0.25) is 0 Å². The lowest BCUT2D eigenvalue weighted by molar-refractivity contribution is 0.0683. The predicted octanol–water partition coefficient (Wildman–Crippen LogP) is 8.11. The van der Waals surface area contributed by atoms with Crippen molar-refractivity contribution < 1.29 is 19.4 Å². The van der Waals surface area contributed by atoms with Crippen LogP contribution in [0.4, 0.5) is 0 Å². The highest BCUT2D eigenvalue weighted by molar-refractivity contribution is 6.04. The largest absolute Gasteiger partial charge is 0.493 e. The van der Waals surface area contributed by atoms with Crippen molar-refractivity contribution in [1.29, 1.82) is 0 Å². The van der Waals surface area contributed by atoms with E-state index in [1.165, 1.54) is 0 Å². The summed E-state index contributed by atoms with van der Waals surface area (Å²) in [5.74, 6) is 0.430. The lowest BCUT2D eigenvalue weighted by Gasteiger charge is -2.12. The summed E-state index contributed by atoms with van der Waals surface area (Å²) in [4.78, 5) is 12.8. The molecule has 0 amide bonds. The number of carboxylic acid groups (broad SMARTS) is 1. The number of para-hydroxylation sites is 1. The molecule has 0 saturated heterocycles. The van der Waals surface area contributed by atoms with E-state index in [1.54, 1.807) is 0 Å². The normalized spacial score (nSPS) is 15.0. The van der Waals surface area contributed by atoms with Crippen molar-refractivity contribution >= 4 is 27.6 Å². The van der Waals surface area contributed by atoms with Gasteiger partial charge < -0.3 is 19.1 Å². The molecule has 0 atom stereocenters. The van der Waals surface area contributed by atoms with Crippen molar-refractivity contribution in [3.63, 3.8) is 0 Å². The number of hydrogen-bond acceptors (Lipinski definition) is 4. The summed E-state index contributed by atoms with van der Waals surface area (Å²) < 4.78 is 14.3. The van der Waals surface area contributed by atoms with Gasteiger partial charge in [0.15, 0.2) is 0 Å². The maximum atomic E-state index is 12.8.